The predicted molar refractivity (Wildman–Crippen MR) is 184 cm³/mol. The highest BCUT2D eigenvalue weighted by Crippen LogP contribution is 2.39. The summed E-state index contributed by atoms with van der Waals surface area (Å²) in [4.78, 5) is 79.3. The maximum absolute atomic E-state index is 12.8. The SMILES string of the molecule is NC(=O)C[C@H](NC(=O)CCCCCNC(=O)[C@@H](CC(=O)O)Cc1ccc(CP(=O)(O)O)cc1)C(=O)NCCCc1cccc2ccccc12. The summed E-state index contributed by atoms with van der Waals surface area (Å²) in [7, 11) is -4.22. The number of hydrogen-bond acceptors (Lipinski definition) is 6. The van der Waals surface area contributed by atoms with Crippen molar-refractivity contribution in [2.75, 3.05) is 13.1 Å². The van der Waals surface area contributed by atoms with Crippen molar-refractivity contribution in [2.45, 2.75) is 70.0 Å². The number of carboxylic acid groups (broad SMARTS) is 1. The molecule has 0 aliphatic carbocycles. The normalized spacial score (nSPS) is 12.5. The second-order valence-electron chi connectivity index (χ2n) is 12.1. The zero-order valence-electron chi connectivity index (χ0n) is 27.3. The number of unbranched alkanes of at least 4 members (excludes halogenated alkanes) is 2. The van der Waals surface area contributed by atoms with Crippen LogP contribution < -0.4 is 21.7 Å². The van der Waals surface area contributed by atoms with Crippen LogP contribution >= 0.6 is 7.60 Å². The third-order valence-electron chi connectivity index (χ3n) is 7.92. The first kappa shape index (κ1) is 38.9. The predicted octanol–water partition coefficient (Wildman–Crippen LogP) is 2.94. The molecule has 0 spiro atoms. The van der Waals surface area contributed by atoms with Crippen LogP contribution in [0.1, 0.15) is 61.6 Å². The van der Waals surface area contributed by atoms with Crippen LogP contribution in [0, 0.1) is 5.92 Å². The molecular weight excluding hydrogens is 651 g/mol. The van der Waals surface area contributed by atoms with Gasteiger partial charge >= 0.3 is 13.6 Å². The van der Waals surface area contributed by atoms with E-state index in [2.05, 4.69) is 28.1 Å². The summed E-state index contributed by atoms with van der Waals surface area (Å²) in [5.41, 5.74) is 7.58. The van der Waals surface area contributed by atoms with E-state index in [1.807, 2.05) is 30.3 Å². The van der Waals surface area contributed by atoms with Gasteiger partial charge in [0.25, 0.3) is 0 Å². The van der Waals surface area contributed by atoms with Gasteiger partial charge in [0.15, 0.2) is 0 Å². The smallest absolute Gasteiger partial charge is 0.329 e. The van der Waals surface area contributed by atoms with Crippen LogP contribution in [-0.4, -0.2) is 63.6 Å². The Labute approximate surface area is 285 Å². The minimum absolute atomic E-state index is 0.0945. The van der Waals surface area contributed by atoms with Gasteiger partial charge in [0.2, 0.25) is 23.6 Å². The number of aryl methyl sites for hydroxylation is 1. The van der Waals surface area contributed by atoms with E-state index in [9.17, 15) is 33.6 Å². The second-order valence-corrected chi connectivity index (χ2v) is 13.7. The number of nitrogens with one attached hydrogen (secondary N) is 3. The lowest BCUT2D eigenvalue weighted by Crippen LogP contribution is -2.48. The Morgan fingerprint density at radius 1 is 0.755 bits per heavy atom. The third kappa shape index (κ3) is 14.6. The number of rotatable bonds is 21. The molecule has 0 saturated carbocycles. The molecule has 0 fully saturated rings. The van der Waals surface area contributed by atoms with Crippen LogP contribution in [0.4, 0.5) is 0 Å². The number of hydrogen-bond donors (Lipinski definition) is 7. The summed E-state index contributed by atoms with van der Waals surface area (Å²) in [6.07, 6.45) is 2.06. The molecule has 264 valence electrons. The Balaban J connectivity index is 1.37. The van der Waals surface area contributed by atoms with Gasteiger partial charge in [-0.2, -0.15) is 0 Å². The van der Waals surface area contributed by atoms with Crippen LogP contribution in [0.25, 0.3) is 10.8 Å². The van der Waals surface area contributed by atoms with E-state index >= 15 is 0 Å². The Morgan fingerprint density at radius 2 is 1.41 bits per heavy atom. The van der Waals surface area contributed by atoms with Gasteiger partial charge in [0, 0.05) is 19.5 Å². The molecule has 2 atom stereocenters. The second kappa shape index (κ2) is 19.4. The van der Waals surface area contributed by atoms with E-state index in [-0.39, 0.29) is 32.2 Å². The van der Waals surface area contributed by atoms with Crippen LogP contribution in [0.15, 0.2) is 66.7 Å². The van der Waals surface area contributed by atoms with Crippen molar-refractivity contribution in [1.82, 2.24) is 16.0 Å². The summed E-state index contributed by atoms with van der Waals surface area (Å²) in [5, 5.41) is 19.7. The van der Waals surface area contributed by atoms with Gasteiger partial charge in [-0.25, -0.2) is 0 Å². The van der Waals surface area contributed by atoms with Crippen molar-refractivity contribution in [3.05, 3.63) is 83.4 Å². The first-order valence-electron chi connectivity index (χ1n) is 16.2. The third-order valence-corrected chi connectivity index (χ3v) is 8.70. The van der Waals surface area contributed by atoms with Gasteiger partial charge in [-0.15, -0.1) is 0 Å². The van der Waals surface area contributed by atoms with Crippen molar-refractivity contribution in [3.63, 3.8) is 0 Å². The number of carbonyl (C=O) groups is 5. The number of carboxylic acids is 1. The Bertz CT molecular complexity index is 1640. The maximum Gasteiger partial charge on any atom is 0.329 e. The van der Waals surface area contributed by atoms with Gasteiger partial charge in [0.05, 0.1) is 24.9 Å². The van der Waals surface area contributed by atoms with Crippen LogP contribution in [0.5, 0.6) is 0 Å². The molecule has 3 aromatic rings. The molecule has 0 bridgehead atoms. The molecule has 0 aromatic heterocycles. The van der Waals surface area contributed by atoms with E-state index in [1.54, 1.807) is 12.1 Å². The molecule has 0 unspecified atom stereocenters. The molecule has 49 heavy (non-hydrogen) atoms. The first-order chi connectivity index (χ1) is 23.3. The number of fused-ring (bicyclic) bond motifs is 1. The number of nitrogens with two attached hydrogens (primary N) is 1. The topological polar surface area (TPSA) is 225 Å². The fraction of sp³-hybridized carbons (Fsp3) is 0.400. The van der Waals surface area contributed by atoms with Gasteiger partial charge in [-0.3, -0.25) is 28.5 Å². The number of primary amides is 1. The molecule has 3 aromatic carbocycles. The first-order valence-corrected chi connectivity index (χ1v) is 18.0. The lowest BCUT2D eigenvalue weighted by molar-refractivity contribution is -0.141. The van der Waals surface area contributed by atoms with E-state index in [0.717, 1.165) is 17.2 Å². The fourth-order valence-electron chi connectivity index (χ4n) is 5.52. The Hall–Kier alpha value is -4.58. The lowest BCUT2D eigenvalue weighted by atomic mass is 9.94. The molecule has 3 rings (SSSR count). The molecule has 0 saturated heterocycles. The van der Waals surface area contributed by atoms with E-state index in [4.69, 9.17) is 15.5 Å². The number of carbonyl (C=O) groups excluding carboxylic acids is 4. The maximum atomic E-state index is 12.8. The quantitative estimate of drug-likeness (QED) is 0.0641. The highest BCUT2D eigenvalue weighted by Gasteiger charge is 2.24. The molecule has 0 aliphatic heterocycles. The number of aliphatic carboxylic acids is 1. The average Bonchev–Trinajstić information content (AvgIpc) is 3.03. The monoisotopic (exact) mass is 696 g/mol. The van der Waals surface area contributed by atoms with Crippen molar-refractivity contribution in [1.29, 1.82) is 0 Å². The highest BCUT2D eigenvalue weighted by molar-refractivity contribution is 7.50. The van der Waals surface area contributed by atoms with E-state index in [0.29, 0.717) is 43.4 Å². The largest absolute Gasteiger partial charge is 0.481 e. The van der Waals surface area contributed by atoms with Crippen LogP contribution in [0.2, 0.25) is 0 Å². The zero-order chi connectivity index (χ0) is 35.8. The van der Waals surface area contributed by atoms with Crippen molar-refractivity contribution < 1.29 is 43.4 Å². The molecule has 0 heterocycles. The van der Waals surface area contributed by atoms with Crippen LogP contribution in [0.3, 0.4) is 0 Å². The number of benzene rings is 3. The summed E-state index contributed by atoms with van der Waals surface area (Å²) in [5.74, 6) is -4.02. The molecule has 8 N–H and O–H groups in total. The van der Waals surface area contributed by atoms with Gasteiger partial charge < -0.3 is 36.6 Å². The molecule has 14 heteroatoms. The summed E-state index contributed by atoms with van der Waals surface area (Å²) in [6.45, 7) is 0.626. The van der Waals surface area contributed by atoms with Crippen molar-refractivity contribution >= 4 is 48.0 Å². The molecule has 0 radical (unpaired) electrons. The lowest BCUT2D eigenvalue weighted by Gasteiger charge is -2.17. The van der Waals surface area contributed by atoms with E-state index < -0.39 is 55.3 Å². The summed E-state index contributed by atoms with van der Waals surface area (Å²) >= 11 is 0. The zero-order valence-corrected chi connectivity index (χ0v) is 28.2. The van der Waals surface area contributed by atoms with Gasteiger partial charge in [-0.1, -0.05) is 73.2 Å². The van der Waals surface area contributed by atoms with Crippen LogP contribution in [-0.2, 0) is 47.5 Å². The highest BCUT2D eigenvalue weighted by atomic mass is 31.2. The average molecular weight is 697 g/mol. The molecular formula is C35H45N4O9P. The fourth-order valence-corrected chi connectivity index (χ4v) is 6.20. The molecule has 0 aliphatic rings. The van der Waals surface area contributed by atoms with Crippen molar-refractivity contribution in [3.8, 4) is 0 Å². The standard InChI is InChI=1S/C35H45N4O9P/c36-31(40)22-30(35(45)38-19-7-11-27-10-6-9-26-8-3-4-12-29(26)27)39-32(41)13-2-1-5-18-37-34(44)28(21-33(42)43)20-24-14-16-25(17-15-24)23-49(46,47)48/h3-4,6,8-10,12,14-17,28,30H,1-2,5,7,11,13,18-23H2,(H2,36,40)(H,37,44)(H,38,45)(H,39,41)(H,42,43)(H2,46,47,48)/t28-,30+/m1/s1. The summed E-state index contributed by atoms with van der Waals surface area (Å²) in [6, 6.07) is 19.4. The van der Waals surface area contributed by atoms with E-state index in [1.165, 1.54) is 17.7 Å². The van der Waals surface area contributed by atoms with Crippen molar-refractivity contribution in [2.24, 2.45) is 11.7 Å². The Kier molecular flexibility index (Phi) is 15.4. The minimum Gasteiger partial charge on any atom is -0.481 e. The molecule has 4 amide bonds. The number of amides is 4. The van der Waals surface area contributed by atoms with Gasteiger partial charge in [0.1, 0.15) is 6.04 Å². The summed E-state index contributed by atoms with van der Waals surface area (Å²) < 4.78 is 11.2. The van der Waals surface area contributed by atoms with Gasteiger partial charge in [-0.05, 0) is 59.6 Å². The Morgan fingerprint density at radius 3 is 2.10 bits per heavy atom. The minimum atomic E-state index is -4.22. The molecule has 13 nitrogen and oxygen atoms in total.